The van der Waals surface area contributed by atoms with Crippen molar-refractivity contribution < 1.29 is 82.5 Å². The van der Waals surface area contributed by atoms with Crippen LogP contribution in [0.5, 0.6) is 0 Å². The third-order valence-electron chi connectivity index (χ3n) is 12.4. The molecule has 0 saturated heterocycles. The van der Waals surface area contributed by atoms with E-state index in [4.69, 9.17) is 40.0 Å². The summed E-state index contributed by atoms with van der Waals surface area (Å²) in [5.74, 6) is -3.77. The topological polar surface area (TPSA) is 334 Å². The van der Waals surface area contributed by atoms with Crippen LogP contribution < -0.4 is 21.7 Å². The number of ketones is 4. The molecule has 0 aliphatic heterocycles. The van der Waals surface area contributed by atoms with E-state index in [9.17, 15) is 48.3 Å². The number of aliphatic carboxylic acids is 3. The molecule has 0 spiro atoms. The van der Waals surface area contributed by atoms with Crippen molar-refractivity contribution in [2.24, 2.45) is 17.6 Å². The number of Topliss-reactive ketones (excluding diaryl/α,β-unsaturated/α-hetero) is 4. The zero-order valence-electron chi connectivity index (χ0n) is 47.0. The van der Waals surface area contributed by atoms with Gasteiger partial charge in [-0.25, -0.2) is 0 Å². The molecule has 2 amide bonds. The summed E-state index contributed by atoms with van der Waals surface area (Å²) >= 11 is 1.34. The molecule has 0 unspecified atom stereocenters. The van der Waals surface area contributed by atoms with Crippen molar-refractivity contribution in [1.82, 2.24) is 16.0 Å². The fourth-order valence-corrected chi connectivity index (χ4v) is 8.61. The quantitative estimate of drug-likeness (QED) is 0.0331. The lowest BCUT2D eigenvalue weighted by Gasteiger charge is -2.16. The average molecular weight is 1120 g/mol. The maximum Gasteiger partial charge on any atom is 0.323 e. The van der Waals surface area contributed by atoms with Gasteiger partial charge in [0.15, 0.2) is 11.6 Å². The van der Waals surface area contributed by atoms with Gasteiger partial charge in [-0.1, -0.05) is 103 Å². The van der Waals surface area contributed by atoms with Crippen LogP contribution in [0.15, 0.2) is 0 Å². The second kappa shape index (κ2) is 54.1. The Balaban J connectivity index is 0. The summed E-state index contributed by atoms with van der Waals surface area (Å²) in [5, 5.41) is 44.3. The molecule has 21 nitrogen and oxygen atoms in total. The molecule has 0 saturated carbocycles. The lowest BCUT2D eigenvalue weighted by molar-refractivity contribution is -0.143. The van der Waals surface area contributed by atoms with Crippen LogP contribution in [-0.4, -0.2) is 176 Å². The summed E-state index contributed by atoms with van der Waals surface area (Å²) < 4.78 is 21.6. The number of ether oxygens (including phenoxy) is 4. The van der Waals surface area contributed by atoms with E-state index in [2.05, 4.69) is 16.0 Å². The Labute approximate surface area is 463 Å². The van der Waals surface area contributed by atoms with Crippen LogP contribution in [0.1, 0.15) is 181 Å². The minimum Gasteiger partial charge on any atom is -0.481 e. The zero-order valence-corrected chi connectivity index (χ0v) is 47.8. The van der Waals surface area contributed by atoms with Crippen molar-refractivity contribution in [2.45, 2.75) is 193 Å². The first-order valence-corrected chi connectivity index (χ1v) is 29.4. The van der Waals surface area contributed by atoms with E-state index in [0.717, 1.165) is 38.5 Å². The normalized spacial score (nSPS) is 12.6. The van der Waals surface area contributed by atoms with E-state index in [1.807, 2.05) is 6.92 Å². The highest BCUT2D eigenvalue weighted by Crippen LogP contribution is 2.19. The van der Waals surface area contributed by atoms with Crippen LogP contribution >= 0.6 is 11.8 Å². The third-order valence-corrected chi connectivity index (χ3v) is 13.6. The Morgan fingerprint density at radius 1 is 0.532 bits per heavy atom. The average Bonchev–Trinajstić information content (AvgIpc) is 3.38. The molecule has 448 valence electrons. The molecule has 9 N–H and O–H groups in total. The number of hydrogen-bond acceptors (Lipinski definition) is 17. The highest BCUT2D eigenvalue weighted by molar-refractivity contribution is 7.99. The van der Waals surface area contributed by atoms with Gasteiger partial charge in [0, 0.05) is 57.1 Å². The maximum absolute atomic E-state index is 12.4. The summed E-state index contributed by atoms with van der Waals surface area (Å²) in [7, 11) is 0. The van der Waals surface area contributed by atoms with E-state index in [1.165, 1.54) is 82.9 Å². The molecule has 0 aliphatic rings. The predicted octanol–water partition coefficient (Wildman–Crippen LogP) is 5.86. The Kier molecular flexibility index (Phi) is 52.8. The Morgan fingerprint density at radius 3 is 1.56 bits per heavy atom. The molecule has 0 bridgehead atoms. The van der Waals surface area contributed by atoms with Crippen LogP contribution in [0.3, 0.4) is 0 Å². The molecule has 22 heteroatoms. The number of nitrogens with one attached hydrogen (secondary N) is 3. The minimum atomic E-state index is -1.24. The number of aliphatic hydroxyl groups excluding tert-OH is 1. The van der Waals surface area contributed by atoms with Crippen molar-refractivity contribution >= 4 is 64.6 Å². The molecule has 4 atom stereocenters. The lowest BCUT2D eigenvalue weighted by atomic mass is 9.95. The van der Waals surface area contributed by atoms with Gasteiger partial charge in [-0.2, -0.15) is 11.8 Å². The van der Waals surface area contributed by atoms with Crippen LogP contribution in [-0.2, 0) is 62.1 Å². The van der Waals surface area contributed by atoms with Gasteiger partial charge in [-0.15, -0.1) is 0 Å². The number of aliphatic hydroxyl groups is 1. The van der Waals surface area contributed by atoms with Gasteiger partial charge >= 0.3 is 17.9 Å². The van der Waals surface area contributed by atoms with Gasteiger partial charge < -0.3 is 55.7 Å². The van der Waals surface area contributed by atoms with Gasteiger partial charge in [0.2, 0.25) is 11.8 Å². The molecular weight excluding hydrogens is 1020 g/mol. The van der Waals surface area contributed by atoms with E-state index in [-0.39, 0.29) is 131 Å². The highest BCUT2D eigenvalue weighted by atomic mass is 32.2. The van der Waals surface area contributed by atoms with E-state index < -0.39 is 36.5 Å². The summed E-state index contributed by atoms with van der Waals surface area (Å²) in [6, 6.07) is -1.49. The monoisotopic (exact) mass is 1120 g/mol. The number of amides is 2. The number of carboxylic acids is 3. The Bertz CT molecular complexity index is 1590. The lowest BCUT2D eigenvalue weighted by Crippen LogP contribution is -2.43. The predicted molar refractivity (Wildman–Crippen MR) is 296 cm³/mol. The first kappa shape index (κ1) is 75.2. The molecule has 0 aromatic carbocycles. The van der Waals surface area contributed by atoms with Gasteiger partial charge in [-0.3, -0.25) is 48.5 Å². The van der Waals surface area contributed by atoms with E-state index >= 15 is 0 Å². The fourth-order valence-electron chi connectivity index (χ4n) is 7.41. The highest BCUT2D eigenvalue weighted by Gasteiger charge is 2.22. The first-order valence-electron chi connectivity index (χ1n) is 28.2. The summed E-state index contributed by atoms with van der Waals surface area (Å²) in [5.41, 5.74) is 5.09. The Hall–Kier alpha value is -3.90. The molecule has 0 aliphatic carbocycles. The molecule has 0 fully saturated rings. The largest absolute Gasteiger partial charge is 0.481 e. The van der Waals surface area contributed by atoms with E-state index in [0.29, 0.717) is 57.6 Å². The molecule has 0 aromatic heterocycles. The van der Waals surface area contributed by atoms with Gasteiger partial charge in [0.1, 0.15) is 30.8 Å². The number of carboxylic acid groups (broad SMARTS) is 3. The van der Waals surface area contributed by atoms with Gasteiger partial charge in [0.05, 0.1) is 63.9 Å². The molecule has 0 aromatic rings. The minimum absolute atomic E-state index is 0.00760. The van der Waals surface area contributed by atoms with Gasteiger partial charge in [0.25, 0.3) is 0 Å². The van der Waals surface area contributed by atoms with Crippen molar-refractivity contribution in [3.63, 3.8) is 0 Å². The SMILES string of the molecule is CC(=O)[C@H](C)N.CC[C@@H](CSCC(=O)CCCNC(=O)COCCOCCCC(=O)COCCOCCNC(=O)CC[C@H](CCCCCCCCCCCCCCCCCCC(=O)O)C(=O)O)C(=O)CN[C@@H](CO)C(=O)O. The van der Waals surface area contributed by atoms with Crippen molar-refractivity contribution in [1.29, 1.82) is 0 Å². The maximum atomic E-state index is 12.4. The fraction of sp³-hybridized carbons (Fsp3) is 0.836. The number of thioether (sulfide) groups is 1. The van der Waals surface area contributed by atoms with Crippen molar-refractivity contribution in [3.05, 3.63) is 0 Å². The van der Waals surface area contributed by atoms with Gasteiger partial charge in [-0.05, 0) is 52.4 Å². The number of unbranched alkanes of at least 4 members (excludes halogenated alkanes) is 15. The molecule has 0 radical (unpaired) electrons. The smallest absolute Gasteiger partial charge is 0.323 e. The number of rotatable bonds is 56. The van der Waals surface area contributed by atoms with Crippen LogP contribution in [0.25, 0.3) is 0 Å². The number of hydrogen-bond donors (Lipinski definition) is 8. The van der Waals surface area contributed by atoms with E-state index in [1.54, 1.807) is 6.92 Å². The standard InChI is InChI=1S/C51H91N3O16S.C4H9NO/c1-2-41(46(58)35-54-45(36-55)51(65)66)39-71-40-44(57)22-19-27-52-48(60)38-70-34-31-67-29-20-23-43(56)37-69-33-32-68-30-28-53-47(59)26-25-42(50(63)64)21-17-15-13-11-9-7-5-3-4-6-8-10-12-14-16-18-24-49(61)62;1-3(5)4(2)6/h41-42,45,54-55H,2-40H2,1H3,(H,52,60)(H,53,59)(H,61,62)(H,63,64)(H,65,66);3H,5H2,1-2H3/t41-,42-,45-;3-/m00/s1. The molecule has 0 rings (SSSR count). The van der Waals surface area contributed by atoms with Crippen molar-refractivity contribution in [3.8, 4) is 0 Å². The Morgan fingerprint density at radius 2 is 1.04 bits per heavy atom. The zero-order chi connectivity index (χ0) is 57.7. The van der Waals surface area contributed by atoms with Crippen LogP contribution in [0.2, 0.25) is 0 Å². The summed E-state index contributed by atoms with van der Waals surface area (Å²) in [6.07, 6.45) is 21.7. The third kappa shape index (κ3) is 52.6. The summed E-state index contributed by atoms with van der Waals surface area (Å²) in [6.45, 7) is 6.12. The first-order chi connectivity index (χ1) is 36.9. The van der Waals surface area contributed by atoms with Crippen LogP contribution in [0.4, 0.5) is 0 Å². The summed E-state index contributed by atoms with van der Waals surface area (Å²) in [4.78, 5) is 104. The second-order valence-electron chi connectivity index (χ2n) is 19.4. The number of carbonyl (C=O) groups is 9. The number of nitrogens with two attached hydrogens (primary N) is 1. The molecule has 0 heterocycles. The molecular formula is C55H100N4O17S. The molecule has 77 heavy (non-hydrogen) atoms. The second-order valence-corrected chi connectivity index (χ2v) is 20.4. The van der Waals surface area contributed by atoms with Crippen LogP contribution in [0, 0.1) is 11.8 Å². The number of carbonyl (C=O) groups excluding carboxylic acids is 6. The van der Waals surface area contributed by atoms with Crippen molar-refractivity contribution in [2.75, 3.05) is 90.6 Å².